The fourth-order valence-corrected chi connectivity index (χ4v) is 4.43. The zero-order valence-electron chi connectivity index (χ0n) is 10.9. The summed E-state index contributed by atoms with van der Waals surface area (Å²) in [7, 11) is 0. The molecule has 3 rings (SSSR count). The molecule has 1 aliphatic heterocycles. The van der Waals surface area contributed by atoms with Crippen molar-refractivity contribution in [3.05, 3.63) is 61.5 Å². The molecule has 1 atom stereocenters. The van der Waals surface area contributed by atoms with Crippen molar-refractivity contribution in [2.75, 3.05) is 6.61 Å². The van der Waals surface area contributed by atoms with Crippen molar-refractivity contribution in [1.29, 1.82) is 0 Å². The molecule has 1 aliphatic rings. The smallest absolute Gasteiger partial charge is 0.127 e. The summed E-state index contributed by atoms with van der Waals surface area (Å²) in [4.78, 5) is 0.139. The molecule has 0 N–H and O–H groups in total. The van der Waals surface area contributed by atoms with Gasteiger partial charge in [-0.3, -0.25) is 0 Å². The molecule has 1 unspecified atom stereocenters. The van der Waals surface area contributed by atoms with Crippen LogP contribution in [0, 0.1) is 6.92 Å². The Bertz CT molecular complexity index is 667. The largest absolute Gasteiger partial charge is 0.493 e. The van der Waals surface area contributed by atoms with Crippen LogP contribution in [0.4, 0.5) is 0 Å². The lowest BCUT2D eigenvalue weighted by Crippen LogP contribution is -1.99. The van der Waals surface area contributed by atoms with Crippen LogP contribution in [0.1, 0.15) is 27.1 Å². The first-order valence-electron chi connectivity index (χ1n) is 6.41. The van der Waals surface area contributed by atoms with E-state index in [1.54, 1.807) is 0 Å². The molecule has 2 aromatic carbocycles. The SMILES string of the molecule is Cc1cc(Br)ccc1C(Br)c1cc(Br)cc2c1OCC2. The molecule has 0 fully saturated rings. The highest BCUT2D eigenvalue weighted by Crippen LogP contribution is 2.43. The van der Waals surface area contributed by atoms with Crippen LogP contribution in [-0.2, 0) is 6.42 Å². The van der Waals surface area contributed by atoms with Gasteiger partial charge < -0.3 is 4.74 Å². The van der Waals surface area contributed by atoms with Gasteiger partial charge in [0.15, 0.2) is 0 Å². The van der Waals surface area contributed by atoms with Crippen molar-refractivity contribution in [2.45, 2.75) is 18.2 Å². The third-order valence-electron chi connectivity index (χ3n) is 3.56. The first-order chi connectivity index (χ1) is 9.56. The summed E-state index contributed by atoms with van der Waals surface area (Å²) in [6.45, 7) is 2.91. The quantitative estimate of drug-likeness (QED) is 0.504. The van der Waals surface area contributed by atoms with Gasteiger partial charge in [-0.25, -0.2) is 0 Å². The zero-order valence-corrected chi connectivity index (χ0v) is 15.7. The molecule has 2 aromatic rings. The molecule has 104 valence electrons. The number of hydrogen-bond acceptors (Lipinski definition) is 1. The normalized spacial score (nSPS) is 14.8. The van der Waals surface area contributed by atoms with E-state index >= 15 is 0 Å². The van der Waals surface area contributed by atoms with Gasteiger partial charge in [-0.1, -0.05) is 53.9 Å². The summed E-state index contributed by atoms with van der Waals surface area (Å²) in [6.07, 6.45) is 0.987. The summed E-state index contributed by atoms with van der Waals surface area (Å²) < 4.78 is 8.04. The van der Waals surface area contributed by atoms with Crippen molar-refractivity contribution in [2.24, 2.45) is 0 Å². The Morgan fingerprint density at radius 2 is 1.85 bits per heavy atom. The van der Waals surface area contributed by atoms with Crippen LogP contribution in [0.3, 0.4) is 0 Å². The average molecular weight is 461 g/mol. The second-order valence-corrected chi connectivity index (χ2v) is 7.69. The van der Waals surface area contributed by atoms with Gasteiger partial charge in [0, 0.05) is 20.9 Å². The molecule has 0 bridgehead atoms. The Balaban J connectivity index is 2.09. The van der Waals surface area contributed by atoms with E-state index in [1.165, 1.54) is 22.3 Å². The fraction of sp³-hybridized carbons (Fsp3) is 0.250. The number of hydrogen-bond donors (Lipinski definition) is 0. The third-order valence-corrected chi connectivity index (χ3v) is 5.49. The number of alkyl halides is 1. The summed E-state index contributed by atoms with van der Waals surface area (Å²) in [6, 6.07) is 10.7. The van der Waals surface area contributed by atoms with Gasteiger partial charge in [0.25, 0.3) is 0 Å². The molecule has 1 heterocycles. The lowest BCUT2D eigenvalue weighted by atomic mass is 9.98. The predicted molar refractivity (Wildman–Crippen MR) is 93.0 cm³/mol. The van der Waals surface area contributed by atoms with E-state index in [2.05, 4.69) is 85.0 Å². The molecule has 0 saturated carbocycles. The van der Waals surface area contributed by atoms with Gasteiger partial charge in [-0.15, -0.1) is 0 Å². The highest BCUT2D eigenvalue weighted by molar-refractivity contribution is 9.10. The van der Waals surface area contributed by atoms with Gasteiger partial charge in [0.2, 0.25) is 0 Å². The number of halogens is 3. The highest BCUT2D eigenvalue weighted by Gasteiger charge is 2.23. The van der Waals surface area contributed by atoms with Gasteiger partial charge in [0.1, 0.15) is 5.75 Å². The van der Waals surface area contributed by atoms with Crippen LogP contribution >= 0.6 is 47.8 Å². The second kappa shape index (κ2) is 5.82. The molecule has 0 saturated heterocycles. The summed E-state index contributed by atoms with van der Waals surface area (Å²) in [5, 5.41) is 0. The number of ether oxygens (including phenoxy) is 1. The lowest BCUT2D eigenvalue weighted by molar-refractivity contribution is 0.354. The minimum absolute atomic E-state index is 0.139. The predicted octanol–water partition coefficient (Wildman–Crippen LogP) is 5.94. The Labute approximate surface area is 144 Å². The molecule has 0 aromatic heterocycles. The Hall–Kier alpha value is -0.320. The summed E-state index contributed by atoms with van der Waals surface area (Å²) >= 11 is 11.0. The van der Waals surface area contributed by atoms with E-state index in [0.717, 1.165) is 27.7 Å². The number of benzene rings is 2. The van der Waals surface area contributed by atoms with E-state index in [4.69, 9.17) is 4.74 Å². The van der Waals surface area contributed by atoms with E-state index < -0.39 is 0 Å². The molecule has 0 amide bonds. The Morgan fingerprint density at radius 1 is 1.05 bits per heavy atom. The van der Waals surface area contributed by atoms with Crippen molar-refractivity contribution in [1.82, 2.24) is 0 Å². The van der Waals surface area contributed by atoms with Crippen molar-refractivity contribution < 1.29 is 4.74 Å². The maximum Gasteiger partial charge on any atom is 0.127 e. The molecule has 4 heteroatoms. The summed E-state index contributed by atoms with van der Waals surface area (Å²) in [5.74, 6) is 1.04. The number of rotatable bonds is 2. The highest BCUT2D eigenvalue weighted by atomic mass is 79.9. The lowest BCUT2D eigenvalue weighted by Gasteiger charge is -2.17. The van der Waals surface area contributed by atoms with Crippen molar-refractivity contribution in [3.8, 4) is 5.75 Å². The molecule has 20 heavy (non-hydrogen) atoms. The van der Waals surface area contributed by atoms with Crippen LogP contribution in [0.5, 0.6) is 5.75 Å². The number of fused-ring (bicyclic) bond motifs is 1. The van der Waals surface area contributed by atoms with Crippen LogP contribution in [-0.4, -0.2) is 6.61 Å². The molecule has 0 radical (unpaired) electrons. The maximum absolute atomic E-state index is 5.83. The molecule has 0 spiro atoms. The molecule has 1 nitrogen and oxygen atoms in total. The summed E-state index contributed by atoms with van der Waals surface area (Å²) in [5.41, 5.74) is 5.00. The standard InChI is InChI=1S/C16H13Br3O/c1-9-6-11(17)2-3-13(9)15(19)14-8-12(18)7-10-4-5-20-16(10)14/h2-3,6-8,15H,4-5H2,1H3. The van der Waals surface area contributed by atoms with Gasteiger partial charge >= 0.3 is 0 Å². The molecular formula is C16H13Br3O. The van der Waals surface area contributed by atoms with Crippen LogP contribution in [0.25, 0.3) is 0 Å². The van der Waals surface area contributed by atoms with E-state index in [0.29, 0.717) is 0 Å². The van der Waals surface area contributed by atoms with Crippen molar-refractivity contribution >= 4 is 47.8 Å². The van der Waals surface area contributed by atoms with Crippen molar-refractivity contribution in [3.63, 3.8) is 0 Å². The second-order valence-electron chi connectivity index (χ2n) is 4.95. The minimum atomic E-state index is 0.139. The average Bonchev–Trinajstić information content (AvgIpc) is 2.85. The fourth-order valence-electron chi connectivity index (χ4n) is 2.58. The van der Waals surface area contributed by atoms with Gasteiger partial charge in [-0.2, -0.15) is 0 Å². The van der Waals surface area contributed by atoms with E-state index in [-0.39, 0.29) is 4.83 Å². The van der Waals surface area contributed by atoms with Gasteiger partial charge in [-0.05, 0) is 47.9 Å². The Morgan fingerprint density at radius 3 is 2.60 bits per heavy atom. The topological polar surface area (TPSA) is 9.23 Å². The first kappa shape index (κ1) is 14.6. The van der Waals surface area contributed by atoms with E-state index in [1.807, 2.05) is 0 Å². The van der Waals surface area contributed by atoms with Crippen LogP contribution < -0.4 is 4.74 Å². The first-order valence-corrected chi connectivity index (χ1v) is 8.91. The van der Waals surface area contributed by atoms with Crippen LogP contribution in [0.15, 0.2) is 39.3 Å². The van der Waals surface area contributed by atoms with Crippen LogP contribution in [0.2, 0.25) is 0 Å². The van der Waals surface area contributed by atoms with E-state index in [9.17, 15) is 0 Å². The monoisotopic (exact) mass is 458 g/mol. The molecule has 0 aliphatic carbocycles. The third kappa shape index (κ3) is 2.70. The maximum atomic E-state index is 5.83. The minimum Gasteiger partial charge on any atom is -0.493 e. The van der Waals surface area contributed by atoms with Gasteiger partial charge in [0.05, 0.1) is 11.4 Å². The zero-order chi connectivity index (χ0) is 14.3. The number of aryl methyl sites for hydroxylation is 1. The molecular weight excluding hydrogens is 448 g/mol. The Kier molecular flexibility index (Phi) is 4.25.